The van der Waals surface area contributed by atoms with Crippen molar-refractivity contribution in [3.05, 3.63) is 0 Å². The Labute approximate surface area is 92.2 Å². The molecule has 3 nitrogen and oxygen atoms in total. The maximum absolute atomic E-state index is 11.9. The van der Waals surface area contributed by atoms with Gasteiger partial charge in [-0.25, -0.2) is 0 Å². The molecule has 0 aromatic heterocycles. The Bertz CT molecular complexity index is 220. The van der Waals surface area contributed by atoms with Crippen LogP contribution in [0.25, 0.3) is 0 Å². The molecular formula is C12H22N2O. The minimum absolute atomic E-state index is 0.355. The summed E-state index contributed by atoms with van der Waals surface area (Å²) < 4.78 is 0. The predicted octanol–water partition coefficient (Wildman–Crippen LogP) is 1.39. The Morgan fingerprint density at radius 1 is 1.27 bits per heavy atom. The Morgan fingerprint density at radius 3 is 2.47 bits per heavy atom. The van der Waals surface area contributed by atoms with Gasteiger partial charge in [-0.3, -0.25) is 4.79 Å². The number of hydrogen-bond donors (Lipinski definition) is 1. The van der Waals surface area contributed by atoms with Crippen LogP contribution in [0.1, 0.15) is 38.5 Å². The van der Waals surface area contributed by atoms with Crippen molar-refractivity contribution in [2.75, 3.05) is 20.1 Å². The van der Waals surface area contributed by atoms with Gasteiger partial charge in [0.25, 0.3) is 0 Å². The third kappa shape index (κ3) is 2.71. The Hall–Kier alpha value is -0.570. The summed E-state index contributed by atoms with van der Waals surface area (Å²) >= 11 is 0. The van der Waals surface area contributed by atoms with Crippen LogP contribution in [0.4, 0.5) is 0 Å². The molecule has 0 aromatic carbocycles. The zero-order chi connectivity index (χ0) is 10.7. The van der Waals surface area contributed by atoms with Crippen molar-refractivity contribution in [2.24, 2.45) is 5.92 Å². The summed E-state index contributed by atoms with van der Waals surface area (Å²) in [5.41, 5.74) is 0. The first kappa shape index (κ1) is 10.9. The second-order valence-corrected chi connectivity index (χ2v) is 5.02. The van der Waals surface area contributed by atoms with Crippen LogP contribution in [0, 0.1) is 5.92 Å². The van der Waals surface area contributed by atoms with E-state index in [1.165, 1.54) is 32.1 Å². The van der Waals surface area contributed by atoms with E-state index < -0.39 is 0 Å². The highest BCUT2D eigenvalue weighted by Gasteiger charge is 2.27. The topological polar surface area (TPSA) is 32.3 Å². The summed E-state index contributed by atoms with van der Waals surface area (Å²) in [6.07, 6.45) is 7.34. The van der Waals surface area contributed by atoms with Gasteiger partial charge in [-0.2, -0.15) is 0 Å². The highest BCUT2D eigenvalue weighted by atomic mass is 16.2. The lowest BCUT2D eigenvalue weighted by molar-refractivity contribution is -0.134. The smallest absolute Gasteiger partial charge is 0.222 e. The zero-order valence-corrected chi connectivity index (χ0v) is 9.67. The lowest BCUT2D eigenvalue weighted by atomic mass is 9.86. The molecule has 2 aliphatic rings. The average molecular weight is 210 g/mol. The highest BCUT2D eigenvalue weighted by Crippen LogP contribution is 2.27. The van der Waals surface area contributed by atoms with Gasteiger partial charge in [0.15, 0.2) is 0 Å². The first-order valence-corrected chi connectivity index (χ1v) is 6.24. The van der Waals surface area contributed by atoms with Crippen molar-refractivity contribution in [1.82, 2.24) is 10.2 Å². The number of nitrogens with one attached hydrogen (secondary N) is 1. The van der Waals surface area contributed by atoms with Crippen molar-refractivity contribution in [3.8, 4) is 0 Å². The first-order valence-electron chi connectivity index (χ1n) is 6.24. The van der Waals surface area contributed by atoms with Gasteiger partial charge < -0.3 is 10.2 Å². The normalized spacial score (nSPS) is 23.5. The van der Waals surface area contributed by atoms with Crippen LogP contribution in [0.3, 0.4) is 0 Å². The number of rotatable bonds is 3. The van der Waals surface area contributed by atoms with Crippen LogP contribution < -0.4 is 5.32 Å². The van der Waals surface area contributed by atoms with E-state index in [9.17, 15) is 4.79 Å². The van der Waals surface area contributed by atoms with Crippen LogP contribution in [-0.4, -0.2) is 37.0 Å². The molecule has 1 N–H and O–H groups in total. The summed E-state index contributed by atoms with van der Waals surface area (Å²) in [6.45, 7) is 1.96. The molecule has 1 amide bonds. The molecule has 1 saturated heterocycles. The molecule has 1 aliphatic carbocycles. The van der Waals surface area contributed by atoms with Crippen LogP contribution in [-0.2, 0) is 4.79 Å². The zero-order valence-electron chi connectivity index (χ0n) is 9.67. The maximum atomic E-state index is 11.9. The maximum Gasteiger partial charge on any atom is 0.222 e. The fraction of sp³-hybridized carbons (Fsp3) is 0.917. The molecule has 0 atom stereocenters. The number of nitrogens with zero attached hydrogens (tertiary/aromatic N) is 1. The molecule has 0 spiro atoms. The SMILES string of the molecule is CN(C(=O)CC1CCCCC1)C1CNC1. The van der Waals surface area contributed by atoms with Crippen molar-refractivity contribution >= 4 is 5.91 Å². The highest BCUT2D eigenvalue weighted by molar-refractivity contribution is 5.76. The molecular weight excluding hydrogens is 188 g/mol. The Balaban J connectivity index is 1.74. The first-order chi connectivity index (χ1) is 7.27. The standard InChI is InChI=1S/C12H22N2O/c1-14(11-8-13-9-11)12(15)7-10-5-3-2-4-6-10/h10-11,13H,2-9H2,1H3. The van der Waals surface area contributed by atoms with Crippen LogP contribution in [0.5, 0.6) is 0 Å². The predicted molar refractivity (Wildman–Crippen MR) is 60.6 cm³/mol. The monoisotopic (exact) mass is 210 g/mol. The van der Waals surface area contributed by atoms with E-state index in [0.29, 0.717) is 17.9 Å². The summed E-state index contributed by atoms with van der Waals surface area (Å²) in [7, 11) is 1.96. The number of likely N-dealkylation sites (N-methyl/N-ethyl adjacent to an activating group) is 1. The Morgan fingerprint density at radius 2 is 1.93 bits per heavy atom. The van der Waals surface area contributed by atoms with Crippen LogP contribution >= 0.6 is 0 Å². The lowest BCUT2D eigenvalue weighted by Crippen LogP contribution is -2.57. The minimum atomic E-state index is 0.355. The summed E-state index contributed by atoms with van der Waals surface area (Å²) in [4.78, 5) is 13.9. The van der Waals surface area contributed by atoms with E-state index in [1.54, 1.807) is 0 Å². The molecule has 3 heteroatoms. The summed E-state index contributed by atoms with van der Waals surface area (Å²) in [5.74, 6) is 1.02. The van der Waals surface area contributed by atoms with Gasteiger partial charge in [-0.15, -0.1) is 0 Å². The molecule has 1 saturated carbocycles. The van der Waals surface area contributed by atoms with Crippen LogP contribution in [0.2, 0.25) is 0 Å². The van der Waals surface area contributed by atoms with Gasteiger partial charge >= 0.3 is 0 Å². The van der Waals surface area contributed by atoms with Gasteiger partial charge in [-0.1, -0.05) is 19.3 Å². The molecule has 0 unspecified atom stereocenters. The molecule has 2 fully saturated rings. The van der Waals surface area contributed by atoms with Crippen molar-refractivity contribution in [3.63, 3.8) is 0 Å². The molecule has 2 rings (SSSR count). The van der Waals surface area contributed by atoms with Gasteiger partial charge in [0, 0.05) is 26.6 Å². The lowest BCUT2D eigenvalue weighted by Gasteiger charge is -2.36. The summed E-state index contributed by atoms with van der Waals surface area (Å²) in [6, 6.07) is 0.459. The third-order valence-corrected chi connectivity index (χ3v) is 3.89. The quantitative estimate of drug-likeness (QED) is 0.763. The number of carbonyl (C=O) groups excluding carboxylic acids is 1. The van der Waals surface area contributed by atoms with E-state index >= 15 is 0 Å². The Kier molecular flexibility index (Phi) is 3.62. The number of hydrogen-bond acceptors (Lipinski definition) is 2. The minimum Gasteiger partial charge on any atom is -0.340 e. The molecule has 0 radical (unpaired) electrons. The fourth-order valence-corrected chi connectivity index (χ4v) is 2.53. The average Bonchev–Trinajstić information content (AvgIpc) is 2.16. The fourth-order valence-electron chi connectivity index (χ4n) is 2.53. The molecule has 15 heavy (non-hydrogen) atoms. The van der Waals surface area contributed by atoms with Crippen LogP contribution in [0.15, 0.2) is 0 Å². The molecule has 1 heterocycles. The van der Waals surface area contributed by atoms with Gasteiger partial charge in [0.2, 0.25) is 5.91 Å². The second kappa shape index (κ2) is 4.97. The molecule has 0 bridgehead atoms. The van der Waals surface area contributed by atoms with Crippen molar-refractivity contribution < 1.29 is 4.79 Å². The molecule has 0 aromatic rings. The van der Waals surface area contributed by atoms with Gasteiger partial charge in [0.1, 0.15) is 0 Å². The van der Waals surface area contributed by atoms with Gasteiger partial charge in [-0.05, 0) is 18.8 Å². The van der Waals surface area contributed by atoms with E-state index in [0.717, 1.165) is 19.5 Å². The number of carbonyl (C=O) groups is 1. The van der Waals surface area contributed by atoms with E-state index in [1.807, 2.05) is 11.9 Å². The third-order valence-electron chi connectivity index (χ3n) is 3.89. The summed E-state index contributed by atoms with van der Waals surface area (Å²) in [5, 5.41) is 3.21. The van der Waals surface area contributed by atoms with Gasteiger partial charge in [0.05, 0.1) is 6.04 Å². The van der Waals surface area contributed by atoms with Crippen molar-refractivity contribution in [2.45, 2.75) is 44.6 Å². The number of amides is 1. The van der Waals surface area contributed by atoms with E-state index in [2.05, 4.69) is 5.32 Å². The second-order valence-electron chi connectivity index (χ2n) is 5.02. The van der Waals surface area contributed by atoms with E-state index in [-0.39, 0.29) is 0 Å². The molecule has 1 aliphatic heterocycles. The van der Waals surface area contributed by atoms with E-state index in [4.69, 9.17) is 0 Å². The van der Waals surface area contributed by atoms with Crippen molar-refractivity contribution in [1.29, 1.82) is 0 Å². The molecule has 86 valence electrons. The largest absolute Gasteiger partial charge is 0.340 e.